The molecule has 2 fully saturated rings. The van der Waals surface area contributed by atoms with Crippen LogP contribution in [0.25, 0.3) is 33.4 Å². The van der Waals surface area contributed by atoms with E-state index in [9.17, 15) is 4.79 Å². The van der Waals surface area contributed by atoms with Gasteiger partial charge in [-0.15, -0.1) is 0 Å². The van der Waals surface area contributed by atoms with Crippen molar-refractivity contribution in [2.75, 3.05) is 31.2 Å². The third-order valence-corrected chi connectivity index (χ3v) is 6.15. The Bertz CT molecular complexity index is 1310. The van der Waals surface area contributed by atoms with Crippen LogP contribution in [0.3, 0.4) is 0 Å². The number of carbonyl (C=O) groups excluding carboxylic acids is 1. The van der Waals surface area contributed by atoms with Gasteiger partial charge >= 0.3 is 0 Å². The summed E-state index contributed by atoms with van der Waals surface area (Å²) in [5, 5.41) is 11.2. The lowest BCUT2D eigenvalue weighted by Crippen LogP contribution is -2.36. The molecule has 1 aliphatic heterocycles. The topological polar surface area (TPSA) is 96.0 Å². The van der Waals surface area contributed by atoms with Crippen molar-refractivity contribution in [3.8, 4) is 22.5 Å². The van der Waals surface area contributed by atoms with E-state index >= 15 is 0 Å². The molecule has 1 amide bonds. The molecule has 4 aromatic rings. The summed E-state index contributed by atoms with van der Waals surface area (Å²) in [6, 6.07) is 14.1. The highest BCUT2D eigenvalue weighted by atomic mass is 16.5. The lowest BCUT2D eigenvalue weighted by Gasteiger charge is -2.28. The van der Waals surface area contributed by atoms with Gasteiger partial charge in [-0.1, -0.05) is 12.1 Å². The molecule has 3 aromatic heterocycles. The molecule has 2 aliphatic rings. The number of nitrogens with one attached hydrogen (secondary N) is 2. The van der Waals surface area contributed by atoms with Gasteiger partial charge in [-0.2, -0.15) is 5.10 Å². The molecule has 1 aromatic carbocycles. The van der Waals surface area contributed by atoms with Crippen molar-refractivity contribution in [1.82, 2.24) is 25.5 Å². The number of morpholine rings is 1. The number of nitrogens with zero attached hydrogens (tertiary/aromatic N) is 4. The fourth-order valence-corrected chi connectivity index (χ4v) is 4.24. The molecule has 0 radical (unpaired) electrons. The van der Waals surface area contributed by atoms with Crippen molar-refractivity contribution in [2.24, 2.45) is 0 Å². The van der Waals surface area contributed by atoms with Gasteiger partial charge in [0.1, 0.15) is 17.0 Å². The number of aromatic nitrogens is 4. The van der Waals surface area contributed by atoms with E-state index in [0.29, 0.717) is 24.8 Å². The van der Waals surface area contributed by atoms with Crippen molar-refractivity contribution in [3.05, 3.63) is 60.4 Å². The third kappa shape index (κ3) is 3.93. The van der Waals surface area contributed by atoms with Crippen LogP contribution in [-0.4, -0.2) is 58.4 Å². The highest BCUT2D eigenvalue weighted by molar-refractivity contribution is 6.03. The minimum Gasteiger partial charge on any atom is -0.378 e. The van der Waals surface area contributed by atoms with Crippen molar-refractivity contribution in [3.63, 3.8) is 0 Å². The molecule has 1 saturated heterocycles. The number of aromatic amines is 1. The second kappa shape index (κ2) is 8.29. The zero-order valence-electron chi connectivity index (χ0n) is 18.1. The number of benzene rings is 1. The standard InChI is InChI=1S/C25H24N6O2/c32-25(28-18-4-5-18)17-3-1-2-16(14-17)20-15-22(31-10-12-33-13-11-31)29-23-19(20)6-8-26-24(23)21-7-9-27-30-21/h1-3,6-9,14-15,18H,4-5,10-13H2,(H,27,30)(H,28,32). The average Bonchev–Trinajstić information content (AvgIpc) is 3.51. The number of hydrogen-bond donors (Lipinski definition) is 2. The monoisotopic (exact) mass is 440 g/mol. The molecule has 0 bridgehead atoms. The van der Waals surface area contributed by atoms with Gasteiger partial charge in [-0.05, 0) is 54.3 Å². The fourth-order valence-electron chi connectivity index (χ4n) is 4.24. The van der Waals surface area contributed by atoms with Crippen LogP contribution in [0, 0.1) is 0 Å². The Labute approximate surface area is 191 Å². The second-order valence-electron chi connectivity index (χ2n) is 8.48. The molecule has 2 N–H and O–H groups in total. The first-order chi connectivity index (χ1) is 16.3. The molecule has 1 aliphatic carbocycles. The summed E-state index contributed by atoms with van der Waals surface area (Å²) < 4.78 is 5.55. The highest BCUT2D eigenvalue weighted by Gasteiger charge is 2.24. The Morgan fingerprint density at radius 3 is 2.76 bits per heavy atom. The molecule has 0 unspecified atom stereocenters. The lowest BCUT2D eigenvalue weighted by molar-refractivity contribution is 0.0951. The van der Waals surface area contributed by atoms with Gasteiger partial charge in [0.2, 0.25) is 0 Å². The van der Waals surface area contributed by atoms with E-state index in [2.05, 4.69) is 31.5 Å². The maximum absolute atomic E-state index is 12.7. The van der Waals surface area contributed by atoms with E-state index in [1.54, 1.807) is 12.4 Å². The highest BCUT2D eigenvalue weighted by Crippen LogP contribution is 2.35. The minimum absolute atomic E-state index is 0.0223. The number of hydrogen-bond acceptors (Lipinski definition) is 6. The van der Waals surface area contributed by atoms with Gasteiger partial charge < -0.3 is 15.0 Å². The molecule has 166 valence electrons. The van der Waals surface area contributed by atoms with Crippen LogP contribution in [0.1, 0.15) is 23.2 Å². The molecule has 0 atom stereocenters. The Hall–Kier alpha value is -3.78. The van der Waals surface area contributed by atoms with Crippen molar-refractivity contribution >= 4 is 22.6 Å². The number of pyridine rings is 2. The van der Waals surface area contributed by atoms with E-state index < -0.39 is 0 Å². The van der Waals surface area contributed by atoms with Gasteiger partial charge in [-0.3, -0.25) is 14.9 Å². The van der Waals surface area contributed by atoms with E-state index in [0.717, 1.165) is 65.2 Å². The summed E-state index contributed by atoms with van der Waals surface area (Å²) in [7, 11) is 0. The SMILES string of the molecule is O=C(NC1CC1)c1cccc(-c2cc(N3CCOCC3)nc3c(-c4ccn[nH]4)nccc23)c1. The normalized spacial score (nSPS) is 16.2. The Morgan fingerprint density at radius 1 is 1.09 bits per heavy atom. The maximum Gasteiger partial charge on any atom is 0.251 e. The summed E-state index contributed by atoms with van der Waals surface area (Å²) in [6.07, 6.45) is 5.63. The smallest absolute Gasteiger partial charge is 0.251 e. The van der Waals surface area contributed by atoms with Crippen LogP contribution < -0.4 is 10.2 Å². The Morgan fingerprint density at radius 2 is 1.97 bits per heavy atom. The first-order valence-electron chi connectivity index (χ1n) is 11.3. The molecular formula is C25H24N6O2. The third-order valence-electron chi connectivity index (χ3n) is 6.15. The second-order valence-corrected chi connectivity index (χ2v) is 8.48. The Balaban J connectivity index is 1.52. The molecule has 8 heteroatoms. The van der Waals surface area contributed by atoms with Crippen molar-refractivity contribution in [2.45, 2.75) is 18.9 Å². The predicted octanol–water partition coefficient (Wildman–Crippen LogP) is 3.42. The van der Waals surface area contributed by atoms with Crippen LogP contribution in [0.15, 0.2) is 54.9 Å². The van der Waals surface area contributed by atoms with Crippen LogP contribution >= 0.6 is 0 Å². The number of rotatable bonds is 5. The molecular weight excluding hydrogens is 416 g/mol. The molecule has 4 heterocycles. The fraction of sp³-hybridized carbons (Fsp3) is 0.280. The van der Waals surface area contributed by atoms with E-state index in [1.807, 2.05) is 36.4 Å². The summed E-state index contributed by atoms with van der Waals surface area (Å²) in [4.78, 5) is 24.6. The van der Waals surface area contributed by atoms with E-state index in [-0.39, 0.29) is 5.91 Å². The van der Waals surface area contributed by atoms with Crippen LogP contribution in [0.2, 0.25) is 0 Å². The lowest BCUT2D eigenvalue weighted by atomic mass is 9.98. The maximum atomic E-state index is 12.7. The predicted molar refractivity (Wildman–Crippen MR) is 126 cm³/mol. The summed E-state index contributed by atoms with van der Waals surface area (Å²) >= 11 is 0. The summed E-state index contributed by atoms with van der Waals surface area (Å²) in [6.45, 7) is 2.90. The van der Waals surface area contributed by atoms with Gasteiger partial charge in [0.15, 0.2) is 0 Å². The van der Waals surface area contributed by atoms with Crippen molar-refractivity contribution < 1.29 is 9.53 Å². The molecule has 0 spiro atoms. The van der Waals surface area contributed by atoms with Gasteiger partial charge in [0.25, 0.3) is 5.91 Å². The average molecular weight is 441 g/mol. The van der Waals surface area contributed by atoms with E-state index in [1.165, 1.54) is 0 Å². The molecule has 6 rings (SSSR count). The van der Waals surface area contributed by atoms with Gasteiger partial charge in [-0.25, -0.2) is 4.98 Å². The summed E-state index contributed by atoms with van der Waals surface area (Å²) in [5.41, 5.74) is 5.03. The number of anilines is 1. The molecule has 1 saturated carbocycles. The zero-order chi connectivity index (χ0) is 22.2. The quantitative estimate of drug-likeness (QED) is 0.494. The van der Waals surface area contributed by atoms with Crippen LogP contribution in [-0.2, 0) is 4.74 Å². The molecule has 33 heavy (non-hydrogen) atoms. The van der Waals surface area contributed by atoms with E-state index in [4.69, 9.17) is 9.72 Å². The first-order valence-corrected chi connectivity index (χ1v) is 11.3. The number of fused-ring (bicyclic) bond motifs is 1. The Kier molecular flexibility index (Phi) is 4.99. The van der Waals surface area contributed by atoms with Crippen LogP contribution in [0.5, 0.6) is 0 Å². The number of ether oxygens (including phenoxy) is 1. The van der Waals surface area contributed by atoms with Crippen molar-refractivity contribution in [1.29, 1.82) is 0 Å². The largest absolute Gasteiger partial charge is 0.378 e. The first kappa shape index (κ1) is 19.9. The minimum atomic E-state index is -0.0223. The van der Waals surface area contributed by atoms with Gasteiger partial charge in [0, 0.05) is 42.5 Å². The van der Waals surface area contributed by atoms with Gasteiger partial charge in [0.05, 0.1) is 18.9 Å². The zero-order valence-corrected chi connectivity index (χ0v) is 18.1. The number of amides is 1. The molecule has 8 nitrogen and oxygen atoms in total. The van der Waals surface area contributed by atoms with Crippen LogP contribution in [0.4, 0.5) is 5.82 Å². The summed E-state index contributed by atoms with van der Waals surface area (Å²) in [5.74, 6) is 0.855. The number of carbonyl (C=O) groups is 1. The number of H-pyrrole nitrogens is 1.